The van der Waals surface area contributed by atoms with Crippen molar-refractivity contribution in [3.8, 4) is 0 Å². The number of benzene rings is 1. The number of halogens is 3. The van der Waals surface area contributed by atoms with Gasteiger partial charge in [-0.1, -0.05) is 25.1 Å². The molecule has 7 nitrogen and oxygen atoms in total. The fourth-order valence-electron chi connectivity index (χ4n) is 4.84. The summed E-state index contributed by atoms with van der Waals surface area (Å²) in [5.74, 6) is 1.09. The Labute approximate surface area is 189 Å². The van der Waals surface area contributed by atoms with Crippen LogP contribution in [0, 0.1) is 24.6 Å². The van der Waals surface area contributed by atoms with Crippen molar-refractivity contribution in [2.75, 3.05) is 5.32 Å². The minimum Gasteiger partial charge on any atom is -0.363 e. The Balaban J connectivity index is 1.50. The quantitative estimate of drug-likeness (QED) is 0.606. The molecule has 1 amide bonds. The lowest BCUT2D eigenvalue weighted by molar-refractivity contribution is -0.141. The van der Waals surface area contributed by atoms with E-state index in [1.54, 1.807) is 6.92 Å². The van der Waals surface area contributed by atoms with Crippen molar-refractivity contribution in [1.82, 2.24) is 24.5 Å². The molecule has 33 heavy (non-hydrogen) atoms. The van der Waals surface area contributed by atoms with E-state index in [0.717, 1.165) is 30.2 Å². The van der Waals surface area contributed by atoms with E-state index in [1.807, 2.05) is 16.2 Å². The Morgan fingerprint density at radius 1 is 1.18 bits per heavy atom. The molecule has 1 aromatic carbocycles. The Morgan fingerprint density at radius 2 is 1.94 bits per heavy atom. The van der Waals surface area contributed by atoms with Gasteiger partial charge in [0.15, 0.2) is 0 Å². The summed E-state index contributed by atoms with van der Waals surface area (Å²) >= 11 is 0. The maximum Gasteiger partial charge on any atom is 0.266 e. The molecule has 0 spiro atoms. The zero-order valence-corrected chi connectivity index (χ0v) is 18.6. The Kier molecular flexibility index (Phi) is 5.25. The standard InChI is InChI=1S/C23H25F3N6O/c1-11-7-8-14(11)22(33)31-9-17-18(10-31)32-13(3)29-30-23(32)28-21(17)27-12(2)15-5-4-6-16(19(15)24)20(25)26/h4-6,11-12,14,20H,7-10H2,1-3H3,(H,27,28,30). The van der Waals surface area contributed by atoms with Gasteiger partial charge in [-0.15, -0.1) is 10.2 Å². The molecule has 0 saturated heterocycles. The summed E-state index contributed by atoms with van der Waals surface area (Å²) in [4.78, 5) is 19.5. The molecular weight excluding hydrogens is 433 g/mol. The Morgan fingerprint density at radius 3 is 2.61 bits per heavy atom. The summed E-state index contributed by atoms with van der Waals surface area (Å²) < 4.78 is 42.9. The highest BCUT2D eigenvalue weighted by molar-refractivity contribution is 5.81. The molecule has 174 valence electrons. The van der Waals surface area contributed by atoms with Crippen LogP contribution in [-0.2, 0) is 17.9 Å². The maximum atomic E-state index is 14.7. The Hall–Kier alpha value is -3.17. The second-order valence-corrected chi connectivity index (χ2v) is 9.04. The number of carbonyl (C=O) groups excluding carboxylic acids is 1. The highest BCUT2D eigenvalue weighted by Crippen LogP contribution is 2.39. The number of hydrogen-bond donors (Lipinski definition) is 1. The van der Waals surface area contributed by atoms with E-state index in [1.165, 1.54) is 12.1 Å². The lowest BCUT2D eigenvalue weighted by Gasteiger charge is -2.35. The SMILES string of the molecule is Cc1nnc2nc(NC(C)c3cccc(C(F)F)c3F)c3c(n12)CN(C(=O)C1CCC1C)C3. The van der Waals surface area contributed by atoms with Crippen LogP contribution in [0.1, 0.15) is 67.4 Å². The van der Waals surface area contributed by atoms with Crippen LogP contribution in [0.5, 0.6) is 0 Å². The number of nitrogens with zero attached hydrogens (tertiary/aromatic N) is 5. The summed E-state index contributed by atoms with van der Waals surface area (Å²) in [5, 5.41) is 11.4. The van der Waals surface area contributed by atoms with Crippen molar-refractivity contribution >= 4 is 17.5 Å². The van der Waals surface area contributed by atoms with Gasteiger partial charge in [-0.2, -0.15) is 4.98 Å². The van der Waals surface area contributed by atoms with E-state index >= 15 is 0 Å². The fraction of sp³-hybridized carbons (Fsp3) is 0.478. The zero-order chi connectivity index (χ0) is 23.4. The van der Waals surface area contributed by atoms with Crippen LogP contribution < -0.4 is 5.32 Å². The molecule has 0 bridgehead atoms. The lowest BCUT2D eigenvalue weighted by atomic mass is 9.74. The van der Waals surface area contributed by atoms with E-state index in [-0.39, 0.29) is 17.4 Å². The second kappa shape index (κ2) is 8.00. The lowest BCUT2D eigenvalue weighted by Crippen LogP contribution is -2.40. The van der Waals surface area contributed by atoms with Gasteiger partial charge in [-0.3, -0.25) is 9.20 Å². The fourth-order valence-corrected chi connectivity index (χ4v) is 4.84. The van der Waals surface area contributed by atoms with Crippen LogP contribution in [0.25, 0.3) is 5.78 Å². The average Bonchev–Trinajstić information content (AvgIpc) is 3.36. The molecule has 2 aromatic heterocycles. The average molecular weight is 458 g/mol. The van der Waals surface area contributed by atoms with E-state index < -0.39 is 23.8 Å². The Bertz CT molecular complexity index is 1240. The van der Waals surface area contributed by atoms with Crippen LogP contribution in [-0.4, -0.2) is 30.4 Å². The van der Waals surface area contributed by atoms with Gasteiger partial charge in [0.05, 0.1) is 30.4 Å². The van der Waals surface area contributed by atoms with Crippen LogP contribution >= 0.6 is 0 Å². The molecule has 5 rings (SSSR count). The number of fused-ring (bicyclic) bond motifs is 3. The van der Waals surface area contributed by atoms with E-state index in [4.69, 9.17) is 0 Å². The molecule has 3 heterocycles. The molecule has 3 unspecified atom stereocenters. The van der Waals surface area contributed by atoms with Crippen molar-refractivity contribution in [3.05, 3.63) is 52.2 Å². The highest BCUT2D eigenvalue weighted by Gasteiger charge is 2.39. The van der Waals surface area contributed by atoms with Gasteiger partial charge in [0.2, 0.25) is 5.91 Å². The van der Waals surface area contributed by atoms with Crippen LogP contribution in [0.15, 0.2) is 18.2 Å². The first-order valence-electron chi connectivity index (χ1n) is 11.1. The molecule has 3 atom stereocenters. The normalized spacial score (nSPS) is 20.8. The molecule has 1 N–H and O–H groups in total. The number of rotatable bonds is 5. The number of nitrogens with one attached hydrogen (secondary N) is 1. The van der Waals surface area contributed by atoms with Gasteiger partial charge in [-0.05, 0) is 32.6 Å². The summed E-state index contributed by atoms with van der Waals surface area (Å²) in [6.45, 7) is 6.38. The number of anilines is 1. The van der Waals surface area contributed by atoms with Crippen molar-refractivity contribution in [2.24, 2.45) is 11.8 Å². The third-order valence-electron chi connectivity index (χ3n) is 6.98. The number of aryl methyl sites for hydroxylation is 1. The van der Waals surface area contributed by atoms with Crippen molar-refractivity contribution in [1.29, 1.82) is 0 Å². The molecule has 3 aromatic rings. The number of carbonyl (C=O) groups is 1. The number of aromatic nitrogens is 4. The molecule has 1 fully saturated rings. The van der Waals surface area contributed by atoms with E-state index in [9.17, 15) is 18.0 Å². The van der Waals surface area contributed by atoms with Crippen molar-refractivity contribution in [3.63, 3.8) is 0 Å². The minimum atomic E-state index is -2.90. The van der Waals surface area contributed by atoms with Gasteiger partial charge in [0.25, 0.3) is 12.2 Å². The van der Waals surface area contributed by atoms with Gasteiger partial charge < -0.3 is 10.2 Å². The molecule has 10 heteroatoms. The van der Waals surface area contributed by atoms with Crippen LogP contribution in [0.2, 0.25) is 0 Å². The van der Waals surface area contributed by atoms with Gasteiger partial charge in [-0.25, -0.2) is 13.2 Å². The first-order chi connectivity index (χ1) is 15.8. The van der Waals surface area contributed by atoms with Gasteiger partial charge in [0.1, 0.15) is 17.5 Å². The summed E-state index contributed by atoms with van der Waals surface area (Å²) in [6.07, 6.45) is -0.946. The molecule has 1 saturated carbocycles. The zero-order valence-electron chi connectivity index (χ0n) is 18.6. The minimum absolute atomic E-state index is 0.0336. The molecule has 1 aliphatic carbocycles. The molecule has 2 aliphatic rings. The number of alkyl halides is 2. The smallest absolute Gasteiger partial charge is 0.266 e. The van der Waals surface area contributed by atoms with Crippen LogP contribution in [0.3, 0.4) is 0 Å². The third kappa shape index (κ3) is 3.52. The van der Waals surface area contributed by atoms with E-state index in [0.29, 0.717) is 36.4 Å². The second-order valence-electron chi connectivity index (χ2n) is 9.04. The van der Waals surface area contributed by atoms with Crippen molar-refractivity contribution < 1.29 is 18.0 Å². The van der Waals surface area contributed by atoms with Crippen LogP contribution in [0.4, 0.5) is 19.0 Å². The first-order valence-corrected chi connectivity index (χ1v) is 11.1. The summed E-state index contributed by atoms with van der Waals surface area (Å²) in [5.41, 5.74) is 1.16. The topological polar surface area (TPSA) is 75.4 Å². The van der Waals surface area contributed by atoms with Crippen molar-refractivity contribution in [2.45, 2.75) is 59.2 Å². The van der Waals surface area contributed by atoms with E-state index in [2.05, 4.69) is 27.4 Å². The highest BCUT2D eigenvalue weighted by atomic mass is 19.3. The third-order valence-corrected chi connectivity index (χ3v) is 6.98. The number of hydrogen-bond acceptors (Lipinski definition) is 5. The maximum absolute atomic E-state index is 14.7. The molecule has 0 radical (unpaired) electrons. The first kappa shape index (κ1) is 21.7. The monoisotopic (exact) mass is 458 g/mol. The summed E-state index contributed by atoms with van der Waals surface area (Å²) in [6, 6.07) is 3.35. The number of amides is 1. The van der Waals surface area contributed by atoms with Gasteiger partial charge in [0, 0.05) is 17.0 Å². The molecule has 1 aliphatic heterocycles. The predicted octanol–water partition coefficient (Wildman–Crippen LogP) is 4.57. The largest absolute Gasteiger partial charge is 0.363 e. The predicted molar refractivity (Wildman–Crippen MR) is 115 cm³/mol. The summed E-state index contributed by atoms with van der Waals surface area (Å²) in [7, 11) is 0. The molecular formula is C23H25F3N6O. The van der Waals surface area contributed by atoms with Gasteiger partial charge >= 0.3 is 0 Å².